The molecule has 0 aromatic heterocycles. The van der Waals surface area contributed by atoms with Gasteiger partial charge in [-0.15, -0.1) is 11.8 Å². The zero-order chi connectivity index (χ0) is 21.2. The van der Waals surface area contributed by atoms with Crippen molar-refractivity contribution in [3.05, 3.63) is 53.6 Å². The molecule has 0 bridgehead atoms. The number of aryl methyl sites for hydroxylation is 1. The Morgan fingerprint density at radius 2 is 1.83 bits per heavy atom. The quantitative estimate of drug-likeness (QED) is 0.616. The highest BCUT2D eigenvalue weighted by Gasteiger charge is 2.15. The first-order valence-electron chi connectivity index (χ1n) is 9.48. The third-order valence-electron chi connectivity index (χ3n) is 4.16. The molecule has 0 aliphatic heterocycles. The SMILES string of the molecule is CCOc1ccc(CNC(=O)C(C)SCC(=O)Nc2ccc(C)cc2)cc1OC. The van der Waals surface area contributed by atoms with E-state index in [1.165, 1.54) is 11.8 Å². The van der Waals surface area contributed by atoms with Gasteiger partial charge in [0.25, 0.3) is 0 Å². The van der Waals surface area contributed by atoms with Gasteiger partial charge in [-0.3, -0.25) is 9.59 Å². The van der Waals surface area contributed by atoms with Crippen LogP contribution in [-0.4, -0.2) is 36.5 Å². The second-order valence-electron chi connectivity index (χ2n) is 6.50. The van der Waals surface area contributed by atoms with Gasteiger partial charge in [0.15, 0.2) is 11.5 Å². The summed E-state index contributed by atoms with van der Waals surface area (Å²) in [6.45, 7) is 6.62. The van der Waals surface area contributed by atoms with Gasteiger partial charge in [-0.1, -0.05) is 23.8 Å². The zero-order valence-corrected chi connectivity index (χ0v) is 18.1. The lowest BCUT2D eigenvalue weighted by Crippen LogP contribution is -2.31. The van der Waals surface area contributed by atoms with E-state index >= 15 is 0 Å². The molecule has 0 saturated carbocycles. The fourth-order valence-corrected chi connectivity index (χ4v) is 3.25. The monoisotopic (exact) mass is 416 g/mol. The lowest BCUT2D eigenvalue weighted by atomic mass is 10.2. The van der Waals surface area contributed by atoms with Crippen LogP contribution in [0, 0.1) is 6.92 Å². The number of hydrogen-bond acceptors (Lipinski definition) is 5. The van der Waals surface area contributed by atoms with Gasteiger partial charge in [-0.25, -0.2) is 0 Å². The highest BCUT2D eigenvalue weighted by atomic mass is 32.2. The van der Waals surface area contributed by atoms with Crippen molar-refractivity contribution < 1.29 is 19.1 Å². The van der Waals surface area contributed by atoms with E-state index in [1.54, 1.807) is 14.0 Å². The Bertz CT molecular complexity index is 824. The van der Waals surface area contributed by atoms with Crippen molar-refractivity contribution in [3.8, 4) is 11.5 Å². The summed E-state index contributed by atoms with van der Waals surface area (Å²) >= 11 is 1.30. The summed E-state index contributed by atoms with van der Waals surface area (Å²) in [6, 6.07) is 13.2. The van der Waals surface area contributed by atoms with Crippen LogP contribution in [-0.2, 0) is 16.1 Å². The third-order valence-corrected chi connectivity index (χ3v) is 5.31. The molecule has 2 aromatic rings. The number of methoxy groups -OCH3 is 1. The molecule has 2 aromatic carbocycles. The van der Waals surface area contributed by atoms with Crippen LogP contribution in [0.2, 0.25) is 0 Å². The van der Waals surface area contributed by atoms with Crippen molar-refractivity contribution >= 4 is 29.3 Å². The molecule has 7 heteroatoms. The van der Waals surface area contributed by atoms with Crippen LogP contribution in [0.15, 0.2) is 42.5 Å². The van der Waals surface area contributed by atoms with Gasteiger partial charge >= 0.3 is 0 Å². The molecule has 0 radical (unpaired) electrons. The lowest BCUT2D eigenvalue weighted by molar-refractivity contribution is -0.120. The molecule has 1 atom stereocenters. The number of nitrogens with one attached hydrogen (secondary N) is 2. The topological polar surface area (TPSA) is 76.7 Å². The number of benzene rings is 2. The maximum atomic E-state index is 12.3. The molecule has 2 N–H and O–H groups in total. The highest BCUT2D eigenvalue weighted by molar-refractivity contribution is 8.01. The Morgan fingerprint density at radius 1 is 1.10 bits per heavy atom. The van der Waals surface area contributed by atoms with E-state index in [0.29, 0.717) is 24.7 Å². The standard InChI is InChI=1S/C22H28N2O4S/c1-5-28-19-11-8-17(12-20(19)27-4)13-23-22(26)16(3)29-14-21(25)24-18-9-6-15(2)7-10-18/h6-12,16H,5,13-14H2,1-4H3,(H,23,26)(H,24,25). The van der Waals surface area contributed by atoms with E-state index in [9.17, 15) is 9.59 Å². The second kappa shape index (κ2) is 11.4. The first-order chi connectivity index (χ1) is 13.9. The first kappa shape index (κ1) is 22.6. The summed E-state index contributed by atoms with van der Waals surface area (Å²) in [5.41, 5.74) is 2.79. The van der Waals surface area contributed by atoms with Crippen molar-refractivity contribution in [2.75, 3.05) is 24.8 Å². The van der Waals surface area contributed by atoms with Gasteiger partial charge in [0, 0.05) is 12.2 Å². The smallest absolute Gasteiger partial charge is 0.234 e. The molecular weight excluding hydrogens is 388 g/mol. The van der Waals surface area contributed by atoms with Crippen molar-refractivity contribution in [2.45, 2.75) is 32.6 Å². The molecule has 6 nitrogen and oxygen atoms in total. The number of carbonyl (C=O) groups is 2. The summed E-state index contributed by atoms with van der Waals surface area (Å²) in [4.78, 5) is 24.4. The number of carbonyl (C=O) groups excluding carboxylic acids is 2. The van der Waals surface area contributed by atoms with E-state index in [1.807, 2.05) is 56.3 Å². The van der Waals surface area contributed by atoms with Gasteiger partial charge in [-0.2, -0.15) is 0 Å². The molecule has 156 valence electrons. The molecule has 2 amide bonds. The van der Waals surface area contributed by atoms with E-state index in [2.05, 4.69) is 10.6 Å². The minimum atomic E-state index is -0.344. The molecular formula is C22H28N2O4S. The molecule has 0 heterocycles. The van der Waals surface area contributed by atoms with E-state index in [0.717, 1.165) is 16.8 Å². The number of amides is 2. The molecule has 1 unspecified atom stereocenters. The molecule has 29 heavy (non-hydrogen) atoms. The van der Waals surface area contributed by atoms with Gasteiger partial charge in [0.05, 0.1) is 24.7 Å². The summed E-state index contributed by atoms with van der Waals surface area (Å²) < 4.78 is 10.8. The Labute approximate surface area is 176 Å². The minimum Gasteiger partial charge on any atom is -0.493 e. The number of ether oxygens (including phenoxy) is 2. The maximum Gasteiger partial charge on any atom is 0.234 e. The van der Waals surface area contributed by atoms with Gasteiger partial charge in [0.1, 0.15) is 0 Å². The van der Waals surface area contributed by atoms with Crippen molar-refractivity contribution in [1.29, 1.82) is 0 Å². The molecule has 2 rings (SSSR count). The fourth-order valence-electron chi connectivity index (χ4n) is 2.54. The average Bonchev–Trinajstić information content (AvgIpc) is 2.72. The Kier molecular flexibility index (Phi) is 8.86. The first-order valence-corrected chi connectivity index (χ1v) is 10.5. The third kappa shape index (κ3) is 7.34. The summed E-state index contributed by atoms with van der Waals surface area (Å²) in [5.74, 6) is 1.27. The number of thioether (sulfide) groups is 1. The van der Waals surface area contributed by atoms with Crippen molar-refractivity contribution in [2.24, 2.45) is 0 Å². The molecule has 0 fully saturated rings. The number of anilines is 1. The van der Waals surface area contributed by atoms with Crippen molar-refractivity contribution in [3.63, 3.8) is 0 Å². The lowest BCUT2D eigenvalue weighted by Gasteiger charge is -2.14. The summed E-state index contributed by atoms with van der Waals surface area (Å²) in [5, 5.41) is 5.38. The van der Waals surface area contributed by atoms with Crippen LogP contribution < -0.4 is 20.1 Å². The van der Waals surface area contributed by atoms with Gasteiger partial charge in [-0.05, 0) is 50.6 Å². The van der Waals surface area contributed by atoms with Gasteiger partial charge < -0.3 is 20.1 Å². The maximum absolute atomic E-state index is 12.3. The van der Waals surface area contributed by atoms with E-state index in [4.69, 9.17) is 9.47 Å². The second-order valence-corrected chi connectivity index (χ2v) is 7.83. The van der Waals surface area contributed by atoms with Crippen LogP contribution in [0.3, 0.4) is 0 Å². The summed E-state index contributed by atoms with van der Waals surface area (Å²) in [7, 11) is 1.58. The number of hydrogen-bond donors (Lipinski definition) is 2. The van der Waals surface area contributed by atoms with Crippen molar-refractivity contribution in [1.82, 2.24) is 5.32 Å². The van der Waals surface area contributed by atoms with E-state index < -0.39 is 0 Å². The zero-order valence-electron chi connectivity index (χ0n) is 17.3. The molecule has 0 saturated heterocycles. The summed E-state index contributed by atoms with van der Waals surface area (Å²) in [6.07, 6.45) is 0. The highest BCUT2D eigenvalue weighted by Crippen LogP contribution is 2.28. The Balaban J connectivity index is 1.78. The average molecular weight is 417 g/mol. The largest absolute Gasteiger partial charge is 0.493 e. The number of rotatable bonds is 10. The van der Waals surface area contributed by atoms with Crippen LogP contribution in [0.1, 0.15) is 25.0 Å². The predicted molar refractivity (Wildman–Crippen MR) is 118 cm³/mol. The minimum absolute atomic E-state index is 0.119. The van der Waals surface area contributed by atoms with Crippen LogP contribution in [0.5, 0.6) is 11.5 Å². The van der Waals surface area contributed by atoms with Crippen LogP contribution in [0.4, 0.5) is 5.69 Å². The van der Waals surface area contributed by atoms with E-state index in [-0.39, 0.29) is 22.8 Å². The Morgan fingerprint density at radius 3 is 2.48 bits per heavy atom. The molecule has 0 aliphatic carbocycles. The Hall–Kier alpha value is -2.67. The predicted octanol–water partition coefficient (Wildman–Crippen LogP) is 3.78. The van der Waals surface area contributed by atoms with Gasteiger partial charge in [0.2, 0.25) is 11.8 Å². The fraction of sp³-hybridized carbons (Fsp3) is 0.364. The normalized spacial score (nSPS) is 11.4. The van der Waals surface area contributed by atoms with Crippen LogP contribution in [0.25, 0.3) is 0 Å². The molecule has 0 spiro atoms. The molecule has 0 aliphatic rings. The van der Waals surface area contributed by atoms with Crippen LogP contribution >= 0.6 is 11.8 Å².